The zero-order valence-corrected chi connectivity index (χ0v) is 18.9. The molecule has 28 heavy (non-hydrogen) atoms. The molecule has 1 aromatic heterocycles. The maximum absolute atomic E-state index is 5.95. The Kier molecular flexibility index (Phi) is 10.3. The number of aliphatic imine (C=N–C) groups is 1. The summed E-state index contributed by atoms with van der Waals surface area (Å²) < 4.78 is 11.4. The number of hydrogen-bond acceptors (Lipinski definition) is 4. The minimum atomic E-state index is 0. The van der Waals surface area contributed by atoms with E-state index in [9.17, 15) is 0 Å². The molecule has 0 aliphatic heterocycles. The van der Waals surface area contributed by atoms with Crippen LogP contribution in [0.2, 0.25) is 0 Å². The lowest BCUT2D eigenvalue weighted by atomic mass is 9.98. The summed E-state index contributed by atoms with van der Waals surface area (Å²) >= 11 is 0. The second-order valence-corrected chi connectivity index (χ2v) is 6.89. The zero-order chi connectivity index (χ0) is 18.7. The number of aromatic nitrogens is 1. The number of benzene rings is 1. The molecule has 0 unspecified atom stereocenters. The normalized spacial score (nSPS) is 15.1. The molecule has 0 radical (unpaired) electrons. The van der Waals surface area contributed by atoms with Crippen LogP contribution in [0.5, 0.6) is 0 Å². The van der Waals surface area contributed by atoms with E-state index < -0.39 is 0 Å². The highest BCUT2D eigenvalue weighted by Gasteiger charge is 2.13. The predicted molar refractivity (Wildman–Crippen MR) is 123 cm³/mol. The lowest BCUT2D eigenvalue weighted by molar-refractivity contribution is 0.0277. The van der Waals surface area contributed by atoms with Gasteiger partial charge < -0.3 is 19.9 Å². The summed E-state index contributed by atoms with van der Waals surface area (Å²) in [7, 11) is 1.77. The molecular weight excluding hydrogens is 467 g/mol. The van der Waals surface area contributed by atoms with Gasteiger partial charge in [0.1, 0.15) is 5.69 Å². The maximum atomic E-state index is 5.95. The second-order valence-electron chi connectivity index (χ2n) is 6.89. The Labute approximate surface area is 184 Å². The van der Waals surface area contributed by atoms with Crippen LogP contribution in [0, 0.1) is 0 Å². The van der Waals surface area contributed by atoms with Gasteiger partial charge in [-0.1, -0.05) is 54.8 Å². The summed E-state index contributed by atoms with van der Waals surface area (Å²) in [6.07, 6.45) is 7.88. The Morgan fingerprint density at radius 1 is 1.18 bits per heavy atom. The van der Waals surface area contributed by atoms with Gasteiger partial charge in [0, 0.05) is 31.8 Å². The number of guanidine groups is 1. The van der Waals surface area contributed by atoms with Crippen molar-refractivity contribution in [2.24, 2.45) is 4.99 Å². The maximum Gasteiger partial charge on any atom is 0.191 e. The lowest BCUT2D eigenvalue weighted by Gasteiger charge is -2.22. The van der Waals surface area contributed by atoms with Gasteiger partial charge in [0.05, 0.1) is 12.6 Å². The van der Waals surface area contributed by atoms with Crippen LogP contribution in [0.4, 0.5) is 0 Å². The zero-order valence-electron chi connectivity index (χ0n) is 16.5. The third kappa shape index (κ3) is 7.43. The van der Waals surface area contributed by atoms with Crippen molar-refractivity contribution in [2.45, 2.75) is 51.2 Å². The minimum Gasteiger partial charge on any atom is -0.378 e. The van der Waals surface area contributed by atoms with Crippen molar-refractivity contribution in [3.8, 4) is 11.3 Å². The number of nitrogens with one attached hydrogen (secondary N) is 2. The van der Waals surface area contributed by atoms with Crippen LogP contribution in [0.25, 0.3) is 11.3 Å². The van der Waals surface area contributed by atoms with Crippen LogP contribution < -0.4 is 10.6 Å². The molecule has 1 heterocycles. The summed E-state index contributed by atoms with van der Waals surface area (Å²) in [5.41, 5.74) is 1.87. The number of halogens is 1. The van der Waals surface area contributed by atoms with E-state index >= 15 is 0 Å². The van der Waals surface area contributed by atoms with Gasteiger partial charge in [0.25, 0.3) is 0 Å². The fraction of sp³-hybridized carbons (Fsp3) is 0.524. The van der Waals surface area contributed by atoms with Crippen molar-refractivity contribution in [1.82, 2.24) is 15.8 Å². The van der Waals surface area contributed by atoms with Crippen molar-refractivity contribution in [1.29, 1.82) is 0 Å². The van der Waals surface area contributed by atoms with Crippen molar-refractivity contribution in [3.05, 3.63) is 42.1 Å². The van der Waals surface area contributed by atoms with E-state index in [1.807, 2.05) is 36.4 Å². The summed E-state index contributed by atoms with van der Waals surface area (Å²) in [6.45, 7) is 2.20. The highest BCUT2D eigenvalue weighted by atomic mass is 127. The van der Waals surface area contributed by atoms with Gasteiger partial charge in [0.15, 0.2) is 11.7 Å². The third-order valence-electron chi connectivity index (χ3n) is 4.80. The molecule has 1 aromatic carbocycles. The van der Waals surface area contributed by atoms with Crippen molar-refractivity contribution in [3.63, 3.8) is 0 Å². The number of ether oxygens (including phenoxy) is 1. The van der Waals surface area contributed by atoms with Crippen LogP contribution in [-0.2, 0) is 11.3 Å². The monoisotopic (exact) mass is 498 g/mol. The molecule has 1 fully saturated rings. The largest absolute Gasteiger partial charge is 0.378 e. The Morgan fingerprint density at radius 3 is 2.71 bits per heavy atom. The SMILES string of the molecule is CN=C(NCCCOC1CCCCC1)NCc1cc(-c2ccccc2)on1.I. The first kappa shape index (κ1) is 22.7. The molecule has 0 spiro atoms. The van der Waals surface area contributed by atoms with E-state index in [0.717, 1.165) is 42.5 Å². The molecule has 1 aliphatic rings. The van der Waals surface area contributed by atoms with Gasteiger partial charge in [-0.05, 0) is 19.3 Å². The van der Waals surface area contributed by atoms with E-state index in [1.165, 1.54) is 32.1 Å². The fourth-order valence-electron chi connectivity index (χ4n) is 3.29. The molecule has 6 nitrogen and oxygen atoms in total. The average molecular weight is 498 g/mol. The van der Waals surface area contributed by atoms with Gasteiger partial charge in [-0.3, -0.25) is 4.99 Å². The van der Waals surface area contributed by atoms with Crippen LogP contribution >= 0.6 is 24.0 Å². The van der Waals surface area contributed by atoms with E-state index in [4.69, 9.17) is 9.26 Å². The first-order valence-electron chi connectivity index (χ1n) is 9.92. The van der Waals surface area contributed by atoms with Crippen molar-refractivity contribution >= 4 is 29.9 Å². The Morgan fingerprint density at radius 2 is 1.96 bits per heavy atom. The van der Waals surface area contributed by atoms with Crippen LogP contribution in [0.1, 0.15) is 44.2 Å². The standard InChI is InChI=1S/C21H30N4O2.HI/c1-22-21(23-13-8-14-26-19-11-6-3-7-12-19)24-16-18-15-20(27-25-18)17-9-4-2-5-10-17;/h2,4-5,9-10,15,19H,3,6-8,11-14,16H2,1H3,(H2,22,23,24);1H. The van der Waals surface area contributed by atoms with Gasteiger partial charge >= 0.3 is 0 Å². The summed E-state index contributed by atoms with van der Waals surface area (Å²) in [4.78, 5) is 4.25. The van der Waals surface area contributed by atoms with E-state index in [1.54, 1.807) is 7.05 Å². The van der Waals surface area contributed by atoms with Crippen molar-refractivity contribution in [2.75, 3.05) is 20.2 Å². The molecule has 3 rings (SSSR count). The van der Waals surface area contributed by atoms with E-state index in [2.05, 4.69) is 20.8 Å². The average Bonchev–Trinajstić information content (AvgIpc) is 3.20. The first-order chi connectivity index (χ1) is 13.3. The Bertz CT molecular complexity index is 699. The third-order valence-corrected chi connectivity index (χ3v) is 4.80. The van der Waals surface area contributed by atoms with E-state index in [0.29, 0.717) is 12.6 Å². The molecule has 2 aromatic rings. The Balaban J connectivity index is 0.00000280. The van der Waals surface area contributed by atoms with Gasteiger partial charge in [0.2, 0.25) is 0 Å². The summed E-state index contributed by atoms with van der Waals surface area (Å²) in [6, 6.07) is 11.9. The predicted octanol–water partition coefficient (Wildman–Crippen LogP) is 4.36. The molecule has 154 valence electrons. The fourth-order valence-corrected chi connectivity index (χ4v) is 3.29. The van der Waals surface area contributed by atoms with Gasteiger partial charge in [-0.15, -0.1) is 24.0 Å². The van der Waals surface area contributed by atoms with Crippen molar-refractivity contribution < 1.29 is 9.26 Å². The van der Waals surface area contributed by atoms with Gasteiger partial charge in [-0.25, -0.2) is 0 Å². The van der Waals surface area contributed by atoms with E-state index in [-0.39, 0.29) is 24.0 Å². The summed E-state index contributed by atoms with van der Waals surface area (Å²) in [5, 5.41) is 10.7. The molecule has 0 bridgehead atoms. The Hall–Kier alpha value is -1.61. The highest BCUT2D eigenvalue weighted by Crippen LogP contribution is 2.20. The second kappa shape index (κ2) is 12.8. The van der Waals surface area contributed by atoms with Crippen LogP contribution in [0.3, 0.4) is 0 Å². The highest BCUT2D eigenvalue weighted by molar-refractivity contribution is 14.0. The quantitative estimate of drug-likeness (QED) is 0.245. The molecule has 0 saturated heterocycles. The minimum absolute atomic E-state index is 0. The molecule has 1 saturated carbocycles. The number of nitrogens with zero attached hydrogens (tertiary/aromatic N) is 2. The molecular formula is C21H31IN4O2. The number of rotatable bonds is 8. The topological polar surface area (TPSA) is 71.7 Å². The smallest absolute Gasteiger partial charge is 0.191 e. The molecule has 7 heteroatoms. The molecule has 2 N–H and O–H groups in total. The van der Waals surface area contributed by atoms with Crippen LogP contribution in [0.15, 0.2) is 45.9 Å². The lowest BCUT2D eigenvalue weighted by Crippen LogP contribution is -2.37. The molecule has 0 atom stereocenters. The van der Waals surface area contributed by atoms with Crippen LogP contribution in [-0.4, -0.2) is 37.4 Å². The molecule has 0 amide bonds. The summed E-state index contributed by atoms with van der Waals surface area (Å²) in [5.74, 6) is 1.53. The number of hydrogen-bond donors (Lipinski definition) is 2. The van der Waals surface area contributed by atoms with Gasteiger partial charge in [-0.2, -0.15) is 0 Å². The first-order valence-corrected chi connectivity index (χ1v) is 9.92. The molecule has 1 aliphatic carbocycles.